The van der Waals surface area contributed by atoms with Crippen LogP contribution in [0.5, 0.6) is 0 Å². The second-order valence-corrected chi connectivity index (χ2v) is 7.83. The molecule has 2 atom stereocenters. The Kier molecular flexibility index (Phi) is 5.19. The number of nitrogens with one attached hydrogen (secondary N) is 3. The number of aryl methyl sites for hydroxylation is 1. The van der Waals surface area contributed by atoms with E-state index < -0.39 is 6.10 Å². The van der Waals surface area contributed by atoms with E-state index in [1.54, 1.807) is 0 Å². The summed E-state index contributed by atoms with van der Waals surface area (Å²) in [6.07, 6.45) is 1.47. The summed E-state index contributed by atoms with van der Waals surface area (Å²) >= 11 is 0. The van der Waals surface area contributed by atoms with Crippen molar-refractivity contribution in [3.05, 3.63) is 53.2 Å². The average molecular weight is 380 g/mol. The number of β-amino-alcohol motifs (C(OH)–C–C–N with tert-alkyl or cyclic N) is 1. The molecule has 148 valence electrons. The number of hydrogen-bond acceptors (Lipinski definition) is 6. The SMILES string of the molecule is Cc1ccc(CNc2cc(N[C@H]3CNC[C@H]3O)nc3c(C(C)C)cnn23)cc1. The van der Waals surface area contributed by atoms with E-state index >= 15 is 0 Å². The number of hydrogen-bond donors (Lipinski definition) is 4. The summed E-state index contributed by atoms with van der Waals surface area (Å²) in [6.45, 7) is 8.39. The van der Waals surface area contributed by atoms with E-state index in [-0.39, 0.29) is 6.04 Å². The maximum absolute atomic E-state index is 10.1. The molecule has 28 heavy (non-hydrogen) atoms. The van der Waals surface area contributed by atoms with Gasteiger partial charge in [0.2, 0.25) is 0 Å². The Morgan fingerprint density at radius 1 is 1.25 bits per heavy atom. The normalized spacial score (nSPS) is 19.5. The van der Waals surface area contributed by atoms with Gasteiger partial charge in [0, 0.05) is 31.3 Å². The second-order valence-electron chi connectivity index (χ2n) is 7.83. The molecule has 1 aliphatic heterocycles. The van der Waals surface area contributed by atoms with Crippen molar-refractivity contribution in [2.75, 3.05) is 23.7 Å². The predicted molar refractivity (Wildman–Crippen MR) is 112 cm³/mol. The molecule has 0 radical (unpaired) electrons. The molecular formula is C21H28N6O. The highest BCUT2D eigenvalue weighted by molar-refractivity contribution is 5.61. The molecule has 7 heteroatoms. The molecule has 3 heterocycles. The van der Waals surface area contributed by atoms with Crippen molar-refractivity contribution in [1.29, 1.82) is 0 Å². The van der Waals surface area contributed by atoms with Crippen LogP contribution < -0.4 is 16.0 Å². The summed E-state index contributed by atoms with van der Waals surface area (Å²) in [5, 5.41) is 24.8. The molecule has 7 nitrogen and oxygen atoms in total. The van der Waals surface area contributed by atoms with Crippen LogP contribution in [0, 0.1) is 6.92 Å². The van der Waals surface area contributed by atoms with Crippen LogP contribution >= 0.6 is 0 Å². The summed E-state index contributed by atoms with van der Waals surface area (Å²) in [4.78, 5) is 4.79. The molecular weight excluding hydrogens is 352 g/mol. The molecule has 0 saturated carbocycles. The van der Waals surface area contributed by atoms with Crippen molar-refractivity contribution in [2.24, 2.45) is 0 Å². The summed E-state index contributed by atoms with van der Waals surface area (Å²) in [7, 11) is 0. The van der Waals surface area contributed by atoms with E-state index in [1.807, 2.05) is 16.8 Å². The molecule has 1 aromatic carbocycles. The topological polar surface area (TPSA) is 86.5 Å². The Bertz CT molecular complexity index is 949. The zero-order chi connectivity index (χ0) is 19.7. The van der Waals surface area contributed by atoms with Gasteiger partial charge in [0.15, 0.2) is 5.65 Å². The van der Waals surface area contributed by atoms with Crippen LogP contribution in [0.1, 0.15) is 36.5 Å². The Balaban J connectivity index is 1.65. The van der Waals surface area contributed by atoms with Crippen LogP contribution in [0.4, 0.5) is 11.6 Å². The third-order valence-corrected chi connectivity index (χ3v) is 5.23. The number of aliphatic hydroxyl groups excluding tert-OH is 1. The second kappa shape index (κ2) is 7.77. The largest absolute Gasteiger partial charge is 0.390 e. The first-order chi connectivity index (χ1) is 13.5. The van der Waals surface area contributed by atoms with E-state index in [0.717, 1.165) is 29.4 Å². The fraction of sp³-hybridized carbons (Fsp3) is 0.429. The van der Waals surface area contributed by atoms with Crippen LogP contribution in [-0.2, 0) is 6.54 Å². The molecule has 1 saturated heterocycles. The lowest BCUT2D eigenvalue weighted by Crippen LogP contribution is -2.32. The molecule has 3 aromatic rings. The Morgan fingerprint density at radius 3 is 2.71 bits per heavy atom. The van der Waals surface area contributed by atoms with Gasteiger partial charge in [-0.1, -0.05) is 43.7 Å². The van der Waals surface area contributed by atoms with Gasteiger partial charge in [-0.25, -0.2) is 4.98 Å². The first-order valence-corrected chi connectivity index (χ1v) is 9.84. The van der Waals surface area contributed by atoms with Gasteiger partial charge in [-0.2, -0.15) is 9.61 Å². The van der Waals surface area contributed by atoms with Crippen LogP contribution in [0.15, 0.2) is 36.5 Å². The molecule has 1 aliphatic rings. The standard InChI is InChI=1S/C21H28N6O/c1-13(2)16-10-24-27-20(23-9-15-6-4-14(3)5-7-15)8-19(26-21(16)27)25-17-11-22-12-18(17)28/h4-8,10,13,17-18,22-23,28H,9,11-12H2,1-3H3,(H,25,26)/t17-,18+/m0/s1. The van der Waals surface area contributed by atoms with Gasteiger partial charge < -0.3 is 21.1 Å². The van der Waals surface area contributed by atoms with Gasteiger partial charge in [-0.15, -0.1) is 0 Å². The molecule has 0 unspecified atom stereocenters. The molecule has 4 rings (SSSR count). The lowest BCUT2D eigenvalue weighted by atomic mass is 10.1. The third kappa shape index (κ3) is 3.81. The Labute approximate surface area is 165 Å². The number of aromatic nitrogens is 3. The predicted octanol–water partition coefficient (Wildman–Crippen LogP) is 2.52. The number of rotatable bonds is 6. The van der Waals surface area contributed by atoms with E-state index in [2.05, 4.69) is 66.1 Å². The van der Waals surface area contributed by atoms with Gasteiger partial charge in [0.05, 0.1) is 18.3 Å². The number of nitrogens with zero attached hydrogens (tertiary/aromatic N) is 3. The minimum atomic E-state index is -0.420. The average Bonchev–Trinajstić information content (AvgIpc) is 3.27. The minimum absolute atomic E-state index is 0.0506. The molecule has 0 aliphatic carbocycles. The number of anilines is 2. The van der Waals surface area contributed by atoms with Crippen LogP contribution in [0.25, 0.3) is 5.65 Å². The summed E-state index contributed by atoms with van der Waals surface area (Å²) in [6, 6.07) is 10.4. The maximum Gasteiger partial charge on any atom is 0.163 e. The van der Waals surface area contributed by atoms with E-state index in [1.165, 1.54) is 11.1 Å². The van der Waals surface area contributed by atoms with Crippen LogP contribution in [0.2, 0.25) is 0 Å². The molecule has 0 spiro atoms. The van der Waals surface area contributed by atoms with Crippen molar-refractivity contribution in [3.63, 3.8) is 0 Å². The van der Waals surface area contributed by atoms with Crippen molar-refractivity contribution in [2.45, 2.75) is 45.4 Å². The number of aliphatic hydroxyl groups is 1. The van der Waals surface area contributed by atoms with Gasteiger partial charge >= 0.3 is 0 Å². The molecule has 2 aromatic heterocycles. The van der Waals surface area contributed by atoms with Crippen molar-refractivity contribution in [3.8, 4) is 0 Å². The van der Waals surface area contributed by atoms with E-state index in [9.17, 15) is 5.11 Å². The van der Waals surface area contributed by atoms with Crippen LogP contribution in [-0.4, -0.2) is 44.9 Å². The Morgan fingerprint density at radius 2 is 2.04 bits per heavy atom. The third-order valence-electron chi connectivity index (χ3n) is 5.23. The molecule has 0 bridgehead atoms. The monoisotopic (exact) mass is 380 g/mol. The fourth-order valence-corrected chi connectivity index (χ4v) is 3.49. The van der Waals surface area contributed by atoms with Crippen molar-refractivity contribution in [1.82, 2.24) is 19.9 Å². The minimum Gasteiger partial charge on any atom is -0.390 e. The lowest BCUT2D eigenvalue weighted by molar-refractivity contribution is 0.185. The highest BCUT2D eigenvalue weighted by atomic mass is 16.3. The summed E-state index contributed by atoms with van der Waals surface area (Å²) < 4.78 is 1.86. The van der Waals surface area contributed by atoms with Gasteiger partial charge in [-0.05, 0) is 18.4 Å². The fourth-order valence-electron chi connectivity index (χ4n) is 3.49. The van der Waals surface area contributed by atoms with E-state index in [0.29, 0.717) is 19.0 Å². The maximum atomic E-state index is 10.1. The van der Waals surface area contributed by atoms with Gasteiger partial charge in [-0.3, -0.25) is 0 Å². The first-order valence-electron chi connectivity index (χ1n) is 9.84. The van der Waals surface area contributed by atoms with Crippen LogP contribution in [0.3, 0.4) is 0 Å². The highest BCUT2D eigenvalue weighted by Gasteiger charge is 2.25. The van der Waals surface area contributed by atoms with Crippen molar-refractivity contribution >= 4 is 17.3 Å². The molecule has 4 N–H and O–H groups in total. The highest BCUT2D eigenvalue weighted by Crippen LogP contribution is 2.25. The zero-order valence-electron chi connectivity index (χ0n) is 16.6. The first kappa shape index (κ1) is 18.7. The smallest absolute Gasteiger partial charge is 0.163 e. The summed E-state index contributed by atoms with van der Waals surface area (Å²) in [5.41, 5.74) is 4.40. The van der Waals surface area contributed by atoms with E-state index in [4.69, 9.17) is 4.98 Å². The molecule has 0 amide bonds. The summed E-state index contributed by atoms with van der Waals surface area (Å²) in [5.74, 6) is 1.94. The van der Waals surface area contributed by atoms with Gasteiger partial charge in [0.1, 0.15) is 11.6 Å². The lowest BCUT2D eigenvalue weighted by Gasteiger charge is -2.18. The number of benzene rings is 1. The quantitative estimate of drug-likeness (QED) is 0.526. The van der Waals surface area contributed by atoms with Gasteiger partial charge in [0.25, 0.3) is 0 Å². The van der Waals surface area contributed by atoms with Crippen molar-refractivity contribution < 1.29 is 5.11 Å². The number of fused-ring (bicyclic) bond motifs is 1. The Hall–Kier alpha value is -2.64. The molecule has 1 fully saturated rings. The zero-order valence-corrected chi connectivity index (χ0v) is 16.6.